The molecule has 0 radical (unpaired) electrons. The molecule has 0 fully saturated rings. The first kappa shape index (κ1) is 17.6. The Labute approximate surface area is 171 Å². The lowest BCUT2D eigenvalue weighted by molar-refractivity contribution is 0.379. The number of aryl methyl sites for hydroxylation is 1. The third-order valence-corrected chi connectivity index (χ3v) is 5.05. The molecule has 1 unspecified atom stereocenters. The Balaban J connectivity index is 1.65. The maximum absolute atomic E-state index is 9.82. The van der Waals surface area contributed by atoms with E-state index in [1.807, 2.05) is 42.0 Å². The van der Waals surface area contributed by atoms with Gasteiger partial charge in [0.2, 0.25) is 11.8 Å². The van der Waals surface area contributed by atoms with Gasteiger partial charge in [-0.1, -0.05) is 12.1 Å². The molecule has 0 aliphatic carbocycles. The molecule has 1 aromatic carbocycles. The SMILES string of the molecule is Cc1nccn1-c1ccc(C2C(C#N)=C(N)Oc3[nH]nc(-c4ncccn4)c32)cc1. The van der Waals surface area contributed by atoms with Crippen molar-refractivity contribution in [2.45, 2.75) is 12.8 Å². The predicted molar refractivity (Wildman–Crippen MR) is 107 cm³/mol. The molecule has 3 N–H and O–H groups in total. The van der Waals surface area contributed by atoms with Gasteiger partial charge in [0.25, 0.3) is 0 Å². The molecule has 9 heteroatoms. The predicted octanol–water partition coefficient (Wildman–Crippen LogP) is 2.58. The average Bonchev–Trinajstić information content (AvgIpc) is 3.39. The van der Waals surface area contributed by atoms with E-state index in [4.69, 9.17) is 10.5 Å². The summed E-state index contributed by atoms with van der Waals surface area (Å²) < 4.78 is 7.62. The number of hydrogen-bond donors (Lipinski definition) is 2. The summed E-state index contributed by atoms with van der Waals surface area (Å²) in [5.41, 5.74) is 9.40. The number of hydrogen-bond acceptors (Lipinski definition) is 7. The fourth-order valence-corrected chi connectivity index (χ4v) is 3.65. The molecule has 0 spiro atoms. The number of H-pyrrole nitrogens is 1. The molecule has 146 valence electrons. The summed E-state index contributed by atoms with van der Waals surface area (Å²) in [5.74, 6) is 1.29. The third kappa shape index (κ3) is 2.70. The topological polar surface area (TPSA) is 131 Å². The van der Waals surface area contributed by atoms with E-state index in [1.165, 1.54) is 0 Å². The van der Waals surface area contributed by atoms with Crippen LogP contribution in [-0.2, 0) is 0 Å². The first-order valence-electron chi connectivity index (χ1n) is 9.21. The number of ether oxygens (including phenoxy) is 1. The maximum atomic E-state index is 9.82. The maximum Gasteiger partial charge on any atom is 0.222 e. The summed E-state index contributed by atoms with van der Waals surface area (Å²) in [6, 6.07) is 11.8. The zero-order chi connectivity index (χ0) is 20.7. The quantitative estimate of drug-likeness (QED) is 0.544. The van der Waals surface area contributed by atoms with Gasteiger partial charge in [-0.05, 0) is 30.7 Å². The largest absolute Gasteiger partial charge is 0.422 e. The highest BCUT2D eigenvalue weighted by Crippen LogP contribution is 2.45. The van der Waals surface area contributed by atoms with Gasteiger partial charge < -0.3 is 15.0 Å². The van der Waals surface area contributed by atoms with Crippen LogP contribution >= 0.6 is 0 Å². The van der Waals surface area contributed by atoms with Gasteiger partial charge in [-0.3, -0.25) is 0 Å². The molecule has 4 aromatic rings. The number of nitriles is 1. The molecule has 0 saturated carbocycles. The zero-order valence-corrected chi connectivity index (χ0v) is 15.9. The minimum absolute atomic E-state index is 0.0497. The first-order valence-corrected chi connectivity index (χ1v) is 9.21. The van der Waals surface area contributed by atoms with Crippen LogP contribution in [0.2, 0.25) is 0 Å². The number of nitrogens with two attached hydrogens (primary N) is 1. The molecule has 3 aromatic heterocycles. The Bertz CT molecular complexity index is 1300. The van der Waals surface area contributed by atoms with Gasteiger partial charge in [-0.2, -0.15) is 10.4 Å². The minimum Gasteiger partial charge on any atom is -0.422 e. The van der Waals surface area contributed by atoms with E-state index in [1.54, 1.807) is 24.7 Å². The van der Waals surface area contributed by atoms with Crippen LogP contribution in [0.3, 0.4) is 0 Å². The van der Waals surface area contributed by atoms with Gasteiger partial charge in [-0.15, -0.1) is 0 Å². The van der Waals surface area contributed by atoms with Crippen LogP contribution in [0.1, 0.15) is 22.9 Å². The average molecular weight is 396 g/mol. The fourth-order valence-electron chi connectivity index (χ4n) is 3.65. The fraction of sp³-hybridized carbons (Fsp3) is 0.0952. The van der Waals surface area contributed by atoms with Crippen molar-refractivity contribution in [2.75, 3.05) is 0 Å². The van der Waals surface area contributed by atoms with Crippen LogP contribution in [0.15, 0.2) is 66.6 Å². The molecule has 4 heterocycles. The van der Waals surface area contributed by atoms with Crippen molar-refractivity contribution < 1.29 is 4.74 Å². The number of imidazole rings is 1. The van der Waals surface area contributed by atoms with Gasteiger partial charge >= 0.3 is 0 Å². The molecular weight excluding hydrogens is 380 g/mol. The Morgan fingerprint density at radius 1 is 1.13 bits per heavy atom. The van der Waals surface area contributed by atoms with Gasteiger partial charge in [0, 0.05) is 30.5 Å². The number of aromatic amines is 1. The smallest absolute Gasteiger partial charge is 0.222 e. The standard InChI is InChI=1S/C21H16N8O/c1-12-24-9-10-29(12)14-5-3-13(4-6-14)16-15(11-22)19(23)30-21-17(16)18(27-28-21)20-25-7-2-8-26-20/h2-10,16H,23H2,1H3,(H,27,28). The van der Waals surface area contributed by atoms with E-state index in [-0.39, 0.29) is 5.88 Å². The van der Waals surface area contributed by atoms with E-state index >= 15 is 0 Å². The van der Waals surface area contributed by atoms with Crippen LogP contribution < -0.4 is 10.5 Å². The lowest BCUT2D eigenvalue weighted by atomic mass is 9.84. The number of benzene rings is 1. The van der Waals surface area contributed by atoms with Crippen molar-refractivity contribution in [3.05, 3.63) is 83.5 Å². The monoisotopic (exact) mass is 396 g/mol. The van der Waals surface area contributed by atoms with E-state index in [0.717, 1.165) is 17.1 Å². The van der Waals surface area contributed by atoms with E-state index in [2.05, 4.69) is 31.2 Å². The second-order valence-corrected chi connectivity index (χ2v) is 6.75. The molecule has 1 aliphatic heterocycles. The number of fused-ring (bicyclic) bond motifs is 1. The third-order valence-electron chi connectivity index (χ3n) is 5.05. The van der Waals surface area contributed by atoms with Crippen LogP contribution in [-0.4, -0.2) is 29.7 Å². The lowest BCUT2D eigenvalue weighted by Crippen LogP contribution is -2.21. The van der Waals surface area contributed by atoms with Crippen molar-refractivity contribution >= 4 is 0 Å². The molecule has 0 bridgehead atoms. The summed E-state index contributed by atoms with van der Waals surface area (Å²) >= 11 is 0. The number of rotatable bonds is 3. The Morgan fingerprint density at radius 2 is 1.90 bits per heavy atom. The number of allylic oxidation sites excluding steroid dienone is 1. The molecular formula is C21H16N8O. The van der Waals surface area contributed by atoms with Crippen molar-refractivity contribution in [1.82, 2.24) is 29.7 Å². The van der Waals surface area contributed by atoms with Crippen LogP contribution in [0, 0.1) is 18.3 Å². The summed E-state index contributed by atoms with van der Waals surface area (Å²) in [5, 5.41) is 17.0. The lowest BCUT2D eigenvalue weighted by Gasteiger charge is -2.24. The minimum atomic E-state index is -0.464. The van der Waals surface area contributed by atoms with Crippen LogP contribution in [0.4, 0.5) is 0 Å². The highest BCUT2D eigenvalue weighted by molar-refractivity contribution is 5.66. The zero-order valence-electron chi connectivity index (χ0n) is 15.9. The number of aromatic nitrogens is 6. The molecule has 1 aliphatic rings. The number of nitrogens with zero attached hydrogens (tertiary/aromatic N) is 6. The Kier molecular flexibility index (Phi) is 4.03. The molecule has 1 atom stereocenters. The van der Waals surface area contributed by atoms with Crippen molar-refractivity contribution in [1.29, 1.82) is 5.26 Å². The molecule has 5 rings (SSSR count). The summed E-state index contributed by atoms with van der Waals surface area (Å²) in [6.07, 6.45) is 6.93. The van der Waals surface area contributed by atoms with Gasteiger partial charge in [0.15, 0.2) is 5.82 Å². The summed E-state index contributed by atoms with van der Waals surface area (Å²) in [6.45, 7) is 1.94. The van der Waals surface area contributed by atoms with Crippen LogP contribution in [0.5, 0.6) is 5.88 Å². The van der Waals surface area contributed by atoms with E-state index in [0.29, 0.717) is 28.5 Å². The second-order valence-electron chi connectivity index (χ2n) is 6.75. The van der Waals surface area contributed by atoms with E-state index < -0.39 is 5.92 Å². The summed E-state index contributed by atoms with van der Waals surface area (Å²) in [7, 11) is 0. The highest BCUT2D eigenvalue weighted by Gasteiger charge is 2.36. The van der Waals surface area contributed by atoms with Crippen molar-refractivity contribution in [3.8, 4) is 29.2 Å². The van der Waals surface area contributed by atoms with Crippen LogP contribution in [0.25, 0.3) is 17.2 Å². The molecule has 9 nitrogen and oxygen atoms in total. The molecule has 0 saturated heterocycles. The second kappa shape index (κ2) is 6.86. The summed E-state index contributed by atoms with van der Waals surface area (Å²) in [4.78, 5) is 12.9. The Morgan fingerprint density at radius 3 is 2.57 bits per heavy atom. The highest BCUT2D eigenvalue weighted by atomic mass is 16.5. The number of nitrogens with one attached hydrogen (secondary N) is 1. The first-order chi connectivity index (χ1) is 14.7. The van der Waals surface area contributed by atoms with Crippen molar-refractivity contribution in [2.24, 2.45) is 5.73 Å². The molecule has 0 amide bonds. The van der Waals surface area contributed by atoms with Crippen molar-refractivity contribution in [3.63, 3.8) is 0 Å². The van der Waals surface area contributed by atoms with Gasteiger partial charge in [0.05, 0.1) is 11.5 Å². The van der Waals surface area contributed by atoms with E-state index in [9.17, 15) is 5.26 Å². The van der Waals surface area contributed by atoms with Gasteiger partial charge in [-0.25, -0.2) is 20.1 Å². The normalized spacial score (nSPS) is 15.4. The molecule has 30 heavy (non-hydrogen) atoms. The Hall–Kier alpha value is -4.45. The van der Waals surface area contributed by atoms with Gasteiger partial charge in [0.1, 0.15) is 23.2 Å².